The monoisotopic (exact) mass is 1190 g/mol. The Balaban J connectivity index is -0.000000307. The molecule has 0 bridgehead atoms. The maximum atomic E-state index is 11.9. The summed E-state index contributed by atoms with van der Waals surface area (Å²) in [5, 5.41) is 56.9. The molecular weight excluding hydrogens is 1080 g/mol. The molecule has 20 N–H and O–H groups in total. The number of carboxylic acid groups (broad SMARTS) is 5. The van der Waals surface area contributed by atoms with Crippen LogP contribution in [0.5, 0.6) is 0 Å². The molecule has 0 aliphatic carbocycles. The highest BCUT2D eigenvalue weighted by molar-refractivity contribution is 5.89. The van der Waals surface area contributed by atoms with Gasteiger partial charge in [-0.2, -0.15) is 0 Å². The fourth-order valence-corrected chi connectivity index (χ4v) is 5.43. The van der Waals surface area contributed by atoms with Crippen LogP contribution in [0.2, 0.25) is 0 Å². The van der Waals surface area contributed by atoms with E-state index in [0.717, 1.165) is 19.3 Å². The average molecular weight is 1190 g/mol. The molecule has 6 amide bonds. The second kappa shape index (κ2) is 43.1. The van der Waals surface area contributed by atoms with Gasteiger partial charge >= 0.3 is 29.8 Å². The van der Waals surface area contributed by atoms with Gasteiger partial charge in [0.15, 0.2) is 5.96 Å². The second-order valence-corrected chi connectivity index (χ2v) is 23.2. The van der Waals surface area contributed by atoms with Crippen LogP contribution in [0, 0.1) is 27.1 Å². The summed E-state index contributed by atoms with van der Waals surface area (Å²) >= 11 is 0. The Morgan fingerprint density at radius 2 is 0.759 bits per heavy atom. The van der Waals surface area contributed by atoms with E-state index in [0.29, 0.717) is 77.4 Å². The first kappa shape index (κ1) is 85.2. The number of carboxylic acids is 5. The Bertz CT molecular complexity index is 2060. The molecule has 484 valence electrons. The standard InChI is InChI=1S/C12H24N4O3.2C12H24N2O3.C11H20N2O4.C9H17NO3/c1-4-12(2,3)10(19)16-8(9(17)18)6-5-7-15-11(13)14;1-4-12(2,3)11(17)14-8-6-5-7-9(13)10(15)16;1-4-12(2,3)11(17)14-9(10(15)16)7-5-6-8-13;1-4-11(2,3)10(17)13-7(9(15)16)5-6-8(12)14;1-5-9(3,4)8(13)10-6(2)7(11)12/h8H,4-7H2,1-3H3,(H,16,19)(H,17,18)(H4,13,14,15);2*9H,4-8,13H2,1-3H3,(H,14,17)(H,15,16);7H,4-6H2,1-3H3,(H2,12,14)(H,13,17)(H,15,16);6H,5H2,1-4H3,(H,10,13)(H,11,12). The smallest absolute Gasteiger partial charge is 0.326 e. The first-order chi connectivity index (χ1) is 37.9. The molecule has 0 radical (unpaired) electrons. The van der Waals surface area contributed by atoms with Crippen LogP contribution in [0.4, 0.5) is 0 Å². The van der Waals surface area contributed by atoms with Gasteiger partial charge in [0.1, 0.15) is 30.2 Å². The Labute approximate surface area is 492 Å². The number of guanidine groups is 1. The number of rotatable bonds is 35. The Morgan fingerprint density at radius 1 is 0.434 bits per heavy atom. The number of carbonyl (C=O) groups excluding carboxylic acids is 6. The lowest BCUT2D eigenvalue weighted by Crippen LogP contribution is -2.46. The van der Waals surface area contributed by atoms with E-state index in [4.69, 9.17) is 54.2 Å². The predicted octanol–water partition coefficient (Wildman–Crippen LogP) is 3.56. The largest absolute Gasteiger partial charge is 0.480 e. The number of amides is 6. The number of nitrogens with zero attached hydrogens (tertiary/aromatic N) is 1. The number of primary amides is 1. The molecule has 5 unspecified atom stereocenters. The van der Waals surface area contributed by atoms with E-state index >= 15 is 0 Å². The zero-order chi connectivity index (χ0) is 66.3. The molecule has 0 saturated carbocycles. The van der Waals surface area contributed by atoms with Crippen LogP contribution in [-0.2, 0) is 52.7 Å². The van der Waals surface area contributed by atoms with Gasteiger partial charge in [-0.3, -0.25) is 43.3 Å². The molecule has 5 atom stereocenters. The third-order valence-electron chi connectivity index (χ3n) is 14.1. The van der Waals surface area contributed by atoms with E-state index in [1.807, 2.05) is 48.5 Å². The van der Waals surface area contributed by atoms with Crippen molar-refractivity contribution in [3.8, 4) is 0 Å². The first-order valence-corrected chi connectivity index (χ1v) is 28.3. The number of nitrogens with two attached hydrogens (primary N) is 5. The summed E-state index contributed by atoms with van der Waals surface area (Å²) in [6.07, 6.45) is 7.94. The van der Waals surface area contributed by atoms with Gasteiger partial charge in [-0.25, -0.2) is 14.4 Å². The van der Waals surface area contributed by atoms with Crippen molar-refractivity contribution in [2.45, 2.75) is 237 Å². The van der Waals surface area contributed by atoms with E-state index < -0.39 is 87.6 Å². The van der Waals surface area contributed by atoms with Crippen molar-refractivity contribution in [1.29, 1.82) is 0 Å². The summed E-state index contributed by atoms with van der Waals surface area (Å²) in [6.45, 7) is 30.4. The first-order valence-electron chi connectivity index (χ1n) is 28.3. The third-order valence-corrected chi connectivity index (χ3v) is 14.1. The third kappa shape index (κ3) is 41.1. The summed E-state index contributed by atoms with van der Waals surface area (Å²) < 4.78 is 0. The van der Waals surface area contributed by atoms with Crippen molar-refractivity contribution in [3.63, 3.8) is 0 Å². The van der Waals surface area contributed by atoms with Gasteiger partial charge in [0.2, 0.25) is 35.4 Å². The summed E-state index contributed by atoms with van der Waals surface area (Å²) in [6, 6.07) is -4.40. The van der Waals surface area contributed by atoms with Crippen molar-refractivity contribution < 1.29 is 78.3 Å². The lowest BCUT2D eigenvalue weighted by Gasteiger charge is -2.24. The van der Waals surface area contributed by atoms with Crippen LogP contribution in [0.1, 0.15) is 207 Å². The van der Waals surface area contributed by atoms with E-state index in [9.17, 15) is 52.7 Å². The van der Waals surface area contributed by atoms with Crippen molar-refractivity contribution in [1.82, 2.24) is 26.6 Å². The highest BCUT2D eigenvalue weighted by Crippen LogP contribution is 2.23. The second-order valence-electron chi connectivity index (χ2n) is 23.2. The number of aliphatic carboxylic acids is 5. The number of aliphatic imine (C=N–C) groups is 1. The van der Waals surface area contributed by atoms with Crippen molar-refractivity contribution in [3.05, 3.63) is 0 Å². The molecule has 27 nitrogen and oxygen atoms in total. The molecule has 0 aromatic heterocycles. The Hall–Kier alpha value is -6.64. The predicted molar refractivity (Wildman–Crippen MR) is 318 cm³/mol. The van der Waals surface area contributed by atoms with Crippen LogP contribution in [0.25, 0.3) is 0 Å². The lowest BCUT2D eigenvalue weighted by atomic mass is 9.89. The maximum absolute atomic E-state index is 11.9. The fourth-order valence-electron chi connectivity index (χ4n) is 5.43. The van der Waals surface area contributed by atoms with Crippen LogP contribution >= 0.6 is 0 Å². The van der Waals surface area contributed by atoms with E-state index in [-0.39, 0.29) is 60.2 Å². The van der Waals surface area contributed by atoms with Gasteiger partial charge in [-0.05, 0) is 103 Å². The Kier molecular flexibility index (Phi) is 44.2. The van der Waals surface area contributed by atoms with Crippen LogP contribution < -0.4 is 55.3 Å². The molecule has 0 spiro atoms. The molecule has 0 aliphatic rings. The minimum Gasteiger partial charge on any atom is -0.480 e. The van der Waals surface area contributed by atoms with E-state index in [1.54, 1.807) is 55.4 Å². The molecule has 0 aromatic carbocycles. The quantitative estimate of drug-likeness (QED) is 0.0245. The lowest BCUT2D eigenvalue weighted by molar-refractivity contribution is -0.144. The van der Waals surface area contributed by atoms with Crippen molar-refractivity contribution in [2.24, 2.45) is 60.7 Å². The summed E-state index contributed by atoms with van der Waals surface area (Å²) in [7, 11) is 0. The fraction of sp³-hybridized carbons (Fsp3) is 0.786. The minimum absolute atomic E-state index is 0.0101. The van der Waals surface area contributed by atoms with Gasteiger partial charge in [-0.1, -0.05) is 104 Å². The molecule has 27 heteroatoms. The van der Waals surface area contributed by atoms with Crippen LogP contribution in [0.15, 0.2) is 4.99 Å². The average Bonchev–Trinajstić information content (AvgIpc) is 3.41. The summed E-state index contributed by atoms with van der Waals surface area (Å²) in [4.78, 5) is 127. The number of carbonyl (C=O) groups is 11. The van der Waals surface area contributed by atoms with Crippen LogP contribution in [0.3, 0.4) is 0 Å². The molecule has 0 aromatic rings. The van der Waals surface area contributed by atoms with Crippen molar-refractivity contribution >= 4 is 71.2 Å². The van der Waals surface area contributed by atoms with Gasteiger partial charge in [0.25, 0.3) is 0 Å². The van der Waals surface area contributed by atoms with E-state index in [2.05, 4.69) is 31.6 Å². The number of unbranched alkanes of at least 4 members (excludes halogenated alkanes) is 2. The molecule has 0 saturated heterocycles. The van der Waals surface area contributed by atoms with E-state index in [1.165, 1.54) is 6.92 Å². The van der Waals surface area contributed by atoms with Gasteiger partial charge in [-0.15, -0.1) is 0 Å². The molecular formula is C56H109N11O16. The van der Waals surface area contributed by atoms with Gasteiger partial charge in [0, 0.05) is 46.6 Å². The molecule has 83 heavy (non-hydrogen) atoms. The Morgan fingerprint density at radius 3 is 1.06 bits per heavy atom. The van der Waals surface area contributed by atoms with Gasteiger partial charge < -0.3 is 80.8 Å². The number of hydrogen-bond acceptors (Lipinski definition) is 14. The molecule has 0 heterocycles. The van der Waals surface area contributed by atoms with Crippen LogP contribution in [-0.4, -0.2) is 147 Å². The highest BCUT2D eigenvalue weighted by Gasteiger charge is 2.33. The minimum atomic E-state index is -1.16. The number of hydrogen-bond donors (Lipinski definition) is 15. The zero-order valence-electron chi connectivity index (χ0n) is 52.7. The summed E-state index contributed by atoms with van der Waals surface area (Å²) in [5.41, 5.74) is 23.4. The molecule has 0 aliphatic heterocycles. The molecule has 0 fully saturated rings. The topological polar surface area (TPSA) is 492 Å². The SMILES string of the molecule is CCC(C)(C)C(=O)NC(C)C(=O)O.CCC(C)(C)C(=O)NC(CCC(N)=O)C(=O)O.CCC(C)(C)C(=O)NC(CCCCN)C(=O)O.CCC(C)(C)C(=O)NC(CCCN=C(N)N)C(=O)O.CCC(C)(C)C(=O)NCCCCC(N)C(=O)O. The normalized spacial score (nSPS) is 13.0. The maximum Gasteiger partial charge on any atom is 0.326 e. The van der Waals surface area contributed by atoms with Crippen molar-refractivity contribution in [2.75, 3.05) is 19.6 Å². The van der Waals surface area contributed by atoms with Gasteiger partial charge in [0.05, 0.1) is 0 Å². The summed E-state index contributed by atoms with van der Waals surface area (Å²) in [5.74, 6) is -6.77. The number of nitrogens with one attached hydrogen (secondary N) is 5. The molecule has 0 rings (SSSR count). The highest BCUT2D eigenvalue weighted by atomic mass is 16.4. The zero-order valence-corrected chi connectivity index (χ0v) is 52.7.